The van der Waals surface area contributed by atoms with E-state index >= 15 is 0 Å². The molecule has 0 heterocycles. The monoisotopic (exact) mass is 1110 g/mol. The zero-order valence-corrected chi connectivity index (χ0v) is 50.8. The van der Waals surface area contributed by atoms with Crippen molar-refractivity contribution < 1.29 is 52.2 Å². The summed E-state index contributed by atoms with van der Waals surface area (Å²) < 4.78 is 39.6. The molecule has 0 saturated carbocycles. The first-order chi connectivity index (χ1) is 38.2. The third-order valence-electron chi connectivity index (χ3n) is 13.3. The van der Waals surface area contributed by atoms with Gasteiger partial charge in [-0.05, 0) is 116 Å². The Morgan fingerprint density at radius 3 is 1.06 bits per heavy atom. The summed E-state index contributed by atoms with van der Waals surface area (Å²) in [6.07, 6.45) is 69.6. The van der Waals surface area contributed by atoms with Gasteiger partial charge in [0.2, 0.25) is 0 Å². The van der Waals surface area contributed by atoms with Gasteiger partial charge in [0.05, 0.1) is 19.8 Å². The van der Waals surface area contributed by atoms with Crippen LogP contribution in [-0.2, 0) is 42.2 Å². The molecule has 0 amide bonds. The van der Waals surface area contributed by atoms with Gasteiger partial charge in [0, 0.05) is 19.3 Å². The van der Waals surface area contributed by atoms with E-state index < -0.39 is 57.8 Å². The predicted molar refractivity (Wildman–Crippen MR) is 325 cm³/mol. The molecule has 0 aliphatic heterocycles. The average molecular weight is 1120 g/mol. The number of aliphatic hydroxyl groups is 1. The molecular weight excluding hydrogens is 1000 g/mol. The average Bonchev–Trinajstić information content (AvgIpc) is 3.43. The predicted octanol–water partition coefficient (Wildman–Crippen LogP) is 19.0. The van der Waals surface area contributed by atoms with Gasteiger partial charge in [0.25, 0.3) is 0 Å². The van der Waals surface area contributed by atoms with Crippen LogP contribution in [-0.4, -0.2) is 66.5 Å². The summed E-state index contributed by atoms with van der Waals surface area (Å²) in [7, 11) is -4.77. The molecule has 0 spiro atoms. The van der Waals surface area contributed by atoms with Gasteiger partial charge in [0.1, 0.15) is 12.7 Å². The van der Waals surface area contributed by atoms with Crippen molar-refractivity contribution in [2.75, 3.05) is 26.4 Å². The van der Waals surface area contributed by atoms with E-state index in [2.05, 4.69) is 106 Å². The number of carbonyl (C=O) groups excluding carboxylic acids is 3. The highest BCUT2D eigenvalue weighted by Gasteiger charge is 2.28. The van der Waals surface area contributed by atoms with Crippen LogP contribution in [0.15, 0.2) is 85.1 Å². The number of carbonyl (C=O) groups is 3. The van der Waals surface area contributed by atoms with Gasteiger partial charge >= 0.3 is 25.7 Å². The van der Waals surface area contributed by atoms with Crippen molar-refractivity contribution in [1.82, 2.24) is 0 Å². The molecule has 0 saturated heterocycles. The zero-order chi connectivity index (χ0) is 56.9. The van der Waals surface area contributed by atoms with Crippen LogP contribution in [0.1, 0.15) is 278 Å². The van der Waals surface area contributed by atoms with Crippen molar-refractivity contribution in [3.05, 3.63) is 85.1 Å². The van der Waals surface area contributed by atoms with Gasteiger partial charge in [-0.15, -0.1) is 0 Å². The number of phosphoric acid groups is 1. The van der Waals surface area contributed by atoms with Crippen LogP contribution in [0.5, 0.6) is 0 Å². The maximum Gasteiger partial charge on any atom is 0.472 e. The molecule has 0 aromatic rings. The lowest BCUT2D eigenvalue weighted by Gasteiger charge is -2.21. The second kappa shape index (κ2) is 59.8. The Hall–Kier alpha value is -3.34. The van der Waals surface area contributed by atoms with E-state index in [1.807, 2.05) is 0 Å². The Morgan fingerprint density at radius 1 is 0.372 bits per heavy atom. The van der Waals surface area contributed by atoms with Crippen molar-refractivity contribution in [2.45, 2.75) is 290 Å². The summed E-state index contributed by atoms with van der Waals surface area (Å²) in [6, 6.07) is 0. The molecule has 0 radical (unpaired) electrons. The minimum absolute atomic E-state index is 0.126. The lowest BCUT2D eigenvalue weighted by Crippen LogP contribution is -2.30. The molecule has 3 atom stereocenters. The Balaban J connectivity index is 4.77. The summed E-state index contributed by atoms with van der Waals surface area (Å²) in [4.78, 5) is 48.7. The fourth-order valence-corrected chi connectivity index (χ4v) is 9.27. The van der Waals surface area contributed by atoms with Gasteiger partial charge in [-0.2, -0.15) is 0 Å². The first kappa shape index (κ1) is 74.7. The number of rotatable bonds is 58. The van der Waals surface area contributed by atoms with E-state index in [0.29, 0.717) is 19.3 Å². The second-order valence-electron chi connectivity index (χ2n) is 20.8. The molecule has 78 heavy (non-hydrogen) atoms. The maximum atomic E-state index is 12.9. The largest absolute Gasteiger partial charge is 0.472 e. The molecule has 0 aromatic carbocycles. The second-order valence-corrected chi connectivity index (χ2v) is 22.3. The zero-order valence-electron chi connectivity index (χ0n) is 49.9. The number of esters is 3. The van der Waals surface area contributed by atoms with Crippen molar-refractivity contribution in [2.24, 2.45) is 0 Å². The lowest BCUT2D eigenvalue weighted by molar-refractivity contribution is -0.161. The summed E-state index contributed by atoms with van der Waals surface area (Å²) in [5.74, 6) is -1.51. The Morgan fingerprint density at radius 2 is 0.667 bits per heavy atom. The molecule has 3 unspecified atom stereocenters. The highest BCUT2D eigenvalue weighted by Crippen LogP contribution is 2.43. The molecule has 11 nitrogen and oxygen atoms in total. The molecule has 0 aromatic heterocycles. The molecule has 0 aliphatic carbocycles. The SMILES string of the molecule is CC/C=C\C/C=C\C/C=C\C/C=C\C/C=C\CCCCCC(=O)OC(COC(=O)CCCCCCCCCCC/C=C\CCCCCCCC)COP(=O)(O)OCC(CO)OC(=O)CCCCCCC/C=C\CCCCCC. The van der Waals surface area contributed by atoms with Gasteiger partial charge in [0.15, 0.2) is 6.10 Å². The molecule has 450 valence electrons. The van der Waals surface area contributed by atoms with Crippen LogP contribution >= 0.6 is 7.82 Å². The van der Waals surface area contributed by atoms with Crippen LogP contribution in [0.2, 0.25) is 0 Å². The van der Waals surface area contributed by atoms with E-state index in [0.717, 1.165) is 109 Å². The Bertz CT molecular complexity index is 1630. The molecule has 0 rings (SSSR count). The normalized spacial score (nSPS) is 13.9. The van der Waals surface area contributed by atoms with E-state index in [-0.39, 0.29) is 25.9 Å². The minimum atomic E-state index is -4.77. The Labute approximate surface area is 477 Å². The number of phosphoric ester groups is 1. The van der Waals surface area contributed by atoms with Crippen molar-refractivity contribution in [3.8, 4) is 0 Å². The van der Waals surface area contributed by atoms with Crippen molar-refractivity contribution in [1.29, 1.82) is 0 Å². The third kappa shape index (κ3) is 57.3. The van der Waals surface area contributed by atoms with Gasteiger partial charge in [-0.1, -0.05) is 228 Å². The first-order valence-electron chi connectivity index (χ1n) is 31.5. The summed E-state index contributed by atoms with van der Waals surface area (Å²) in [5, 5.41) is 9.83. The van der Waals surface area contributed by atoms with Crippen LogP contribution in [0.3, 0.4) is 0 Å². The molecule has 2 N–H and O–H groups in total. The van der Waals surface area contributed by atoms with E-state index in [4.69, 9.17) is 23.3 Å². The topological polar surface area (TPSA) is 155 Å². The van der Waals surface area contributed by atoms with E-state index in [9.17, 15) is 28.9 Å². The number of unbranched alkanes of at least 4 members (excludes halogenated alkanes) is 27. The molecule has 0 fully saturated rings. The van der Waals surface area contributed by atoms with Gasteiger partial charge in [-0.25, -0.2) is 4.57 Å². The van der Waals surface area contributed by atoms with Crippen molar-refractivity contribution in [3.63, 3.8) is 0 Å². The van der Waals surface area contributed by atoms with E-state index in [1.54, 1.807) is 0 Å². The smallest absolute Gasteiger partial charge is 0.462 e. The first-order valence-corrected chi connectivity index (χ1v) is 33.0. The number of hydrogen-bond donors (Lipinski definition) is 2. The Kier molecular flexibility index (Phi) is 57.2. The fraction of sp³-hybridized carbons (Fsp3) is 0.742. The summed E-state index contributed by atoms with van der Waals surface area (Å²) >= 11 is 0. The van der Waals surface area contributed by atoms with Crippen LogP contribution in [0.4, 0.5) is 0 Å². The van der Waals surface area contributed by atoms with Crippen LogP contribution < -0.4 is 0 Å². The molecule has 0 aliphatic rings. The number of ether oxygens (including phenoxy) is 3. The molecular formula is C66H115O11P. The summed E-state index contributed by atoms with van der Waals surface area (Å²) in [6.45, 7) is 4.49. The van der Waals surface area contributed by atoms with Crippen molar-refractivity contribution >= 4 is 25.7 Å². The highest BCUT2D eigenvalue weighted by molar-refractivity contribution is 7.47. The standard InChI is InChI=1S/C66H115O11P/c1-4-7-10-13-16-19-22-25-27-29-31-33-35-38-40-43-46-49-52-55-64(68)73-59-63(77-66(70)57-54-51-48-45-42-39-36-34-32-30-28-26-23-20-17-14-11-8-5-2)61-75-78(71,72)74-60-62(58-67)76-65(69)56-53-50-47-44-41-37-24-21-18-15-12-9-6-3/h8,11,17,20-21,24-28,32,34,39,42,62-63,67H,4-7,9-10,12-16,18-19,22-23,29-31,33,35-38,40-41,43-61H2,1-3H3,(H,71,72)/b11-8-,20-17-,24-21-,27-25-,28-26-,34-32-,42-39-. The minimum Gasteiger partial charge on any atom is -0.462 e. The number of aliphatic hydroxyl groups excluding tert-OH is 1. The maximum absolute atomic E-state index is 12.9. The molecule has 0 bridgehead atoms. The lowest BCUT2D eigenvalue weighted by atomic mass is 10.1. The fourth-order valence-electron chi connectivity index (χ4n) is 8.49. The van der Waals surface area contributed by atoms with Crippen LogP contribution in [0, 0.1) is 0 Å². The number of allylic oxidation sites excluding steroid dienone is 14. The summed E-state index contributed by atoms with van der Waals surface area (Å²) in [5.41, 5.74) is 0. The van der Waals surface area contributed by atoms with E-state index in [1.165, 1.54) is 109 Å². The van der Waals surface area contributed by atoms with Gasteiger partial charge < -0.3 is 24.2 Å². The highest BCUT2D eigenvalue weighted by atomic mass is 31.2. The third-order valence-corrected chi connectivity index (χ3v) is 14.2. The van der Waals surface area contributed by atoms with Crippen LogP contribution in [0.25, 0.3) is 0 Å². The quantitative estimate of drug-likeness (QED) is 0.0197. The van der Waals surface area contributed by atoms with Gasteiger partial charge in [-0.3, -0.25) is 23.4 Å². The molecule has 12 heteroatoms. The number of hydrogen-bond acceptors (Lipinski definition) is 10.